The van der Waals surface area contributed by atoms with Crippen molar-refractivity contribution in [3.8, 4) is 23.0 Å². The number of nitrogens with one attached hydrogen (secondary N) is 1. The molecule has 0 aliphatic carbocycles. The molecule has 164 valence electrons. The van der Waals surface area contributed by atoms with Crippen LogP contribution in [0.15, 0.2) is 60.7 Å². The molecule has 0 fully saturated rings. The smallest absolute Gasteiger partial charge is 0.340 e. The standard InChI is InChI=1S/C20H12O5.C3H9N3O/c21-11-5-7-15-17(9-11)24-18-10-12(22)6-8-16(18)20(15)14-4-2-1-3-13(14)19(23)25-20;1-2(4)3(7)6-5/h1-10,21-22H;2H,4-5H2,1H3,(H,6,7)/t;2-/m.0/s1. The summed E-state index contributed by atoms with van der Waals surface area (Å²) in [7, 11) is 0. The third kappa shape index (κ3) is 3.29. The summed E-state index contributed by atoms with van der Waals surface area (Å²) in [4.78, 5) is 22.7. The molecule has 1 amide bonds. The number of esters is 1. The molecule has 32 heavy (non-hydrogen) atoms. The molecular formula is C23H21N3O6. The van der Waals surface area contributed by atoms with Crippen molar-refractivity contribution in [2.45, 2.75) is 18.6 Å². The van der Waals surface area contributed by atoms with Crippen LogP contribution in [0.3, 0.4) is 0 Å². The summed E-state index contributed by atoms with van der Waals surface area (Å²) in [6.45, 7) is 1.56. The Morgan fingerprint density at radius 1 is 0.969 bits per heavy atom. The topological polar surface area (TPSA) is 157 Å². The first-order chi connectivity index (χ1) is 15.3. The molecule has 2 heterocycles. The molecule has 2 aliphatic rings. The second-order valence-corrected chi connectivity index (χ2v) is 7.38. The summed E-state index contributed by atoms with van der Waals surface area (Å²) in [5, 5.41) is 19.7. The van der Waals surface area contributed by atoms with Gasteiger partial charge in [-0.15, -0.1) is 0 Å². The molecule has 0 saturated carbocycles. The first-order valence-electron chi connectivity index (χ1n) is 9.71. The lowest BCUT2D eigenvalue weighted by Crippen LogP contribution is -2.41. The molecule has 3 aromatic carbocycles. The molecule has 1 spiro atoms. The molecule has 0 radical (unpaired) electrons. The van der Waals surface area contributed by atoms with Crippen LogP contribution < -0.4 is 21.7 Å². The van der Waals surface area contributed by atoms with Gasteiger partial charge >= 0.3 is 5.97 Å². The molecule has 0 bridgehead atoms. The number of carbonyl (C=O) groups is 2. The number of hydrogen-bond donors (Lipinski definition) is 5. The van der Waals surface area contributed by atoms with Crippen LogP contribution in [0.1, 0.15) is 34.0 Å². The maximum absolute atomic E-state index is 12.5. The molecule has 9 nitrogen and oxygen atoms in total. The van der Waals surface area contributed by atoms with E-state index in [-0.39, 0.29) is 17.4 Å². The Kier molecular flexibility index (Phi) is 5.21. The van der Waals surface area contributed by atoms with Gasteiger partial charge in [0.25, 0.3) is 0 Å². The van der Waals surface area contributed by atoms with Gasteiger partial charge in [-0.05, 0) is 37.3 Å². The van der Waals surface area contributed by atoms with Gasteiger partial charge in [0, 0.05) is 28.8 Å². The third-order valence-electron chi connectivity index (χ3n) is 5.24. The van der Waals surface area contributed by atoms with Crippen molar-refractivity contribution in [3.63, 3.8) is 0 Å². The van der Waals surface area contributed by atoms with E-state index in [0.29, 0.717) is 33.8 Å². The van der Waals surface area contributed by atoms with E-state index in [1.165, 1.54) is 24.3 Å². The normalized spacial score (nSPS) is 15.2. The van der Waals surface area contributed by atoms with Crippen molar-refractivity contribution < 1.29 is 29.3 Å². The minimum absolute atomic E-state index is 0.0371. The molecule has 0 aromatic heterocycles. The highest BCUT2D eigenvalue weighted by Gasteiger charge is 2.53. The molecule has 9 heteroatoms. The SMILES string of the molecule is C[C@H](N)C(=O)NN.O=C1OC2(c3ccc(O)cc3Oc3cc(O)ccc32)c2ccccc21. The maximum Gasteiger partial charge on any atom is 0.340 e. The fraction of sp³-hybridized carbons (Fsp3) is 0.130. The van der Waals surface area contributed by atoms with Gasteiger partial charge in [-0.3, -0.25) is 10.2 Å². The summed E-state index contributed by atoms with van der Waals surface area (Å²) < 4.78 is 11.8. The molecular weight excluding hydrogens is 414 g/mol. The molecule has 7 N–H and O–H groups in total. The van der Waals surface area contributed by atoms with Gasteiger partial charge in [0.05, 0.1) is 11.6 Å². The molecule has 2 aliphatic heterocycles. The van der Waals surface area contributed by atoms with Gasteiger partial charge in [-0.25, -0.2) is 10.6 Å². The molecule has 0 unspecified atom stereocenters. The number of hydrazine groups is 1. The zero-order valence-electron chi connectivity index (χ0n) is 17.0. The van der Waals surface area contributed by atoms with Gasteiger partial charge in [0.15, 0.2) is 5.60 Å². The fourth-order valence-electron chi connectivity index (χ4n) is 3.78. The van der Waals surface area contributed by atoms with Crippen LogP contribution in [0.4, 0.5) is 0 Å². The van der Waals surface area contributed by atoms with Gasteiger partial charge in [0.1, 0.15) is 23.0 Å². The molecule has 1 atom stereocenters. The number of amides is 1. The number of benzene rings is 3. The quantitative estimate of drug-likeness (QED) is 0.168. The number of aromatic hydroxyl groups is 2. The zero-order chi connectivity index (χ0) is 23.0. The predicted octanol–water partition coefficient (Wildman–Crippen LogP) is 1.99. The van der Waals surface area contributed by atoms with Gasteiger partial charge in [-0.1, -0.05) is 18.2 Å². The van der Waals surface area contributed by atoms with Crippen LogP contribution in [0, 0.1) is 0 Å². The average Bonchev–Trinajstić information content (AvgIpc) is 3.06. The van der Waals surface area contributed by atoms with E-state index in [1.54, 1.807) is 31.2 Å². The summed E-state index contributed by atoms with van der Waals surface area (Å²) in [6.07, 6.45) is 0. The monoisotopic (exact) mass is 435 g/mol. The van der Waals surface area contributed by atoms with Crippen LogP contribution in [-0.2, 0) is 15.1 Å². The maximum atomic E-state index is 12.5. The Balaban J connectivity index is 0.000000307. The number of phenolic OH excluding ortho intramolecular Hbond substituents is 2. The lowest BCUT2D eigenvalue weighted by Gasteiger charge is -2.36. The van der Waals surface area contributed by atoms with E-state index in [0.717, 1.165) is 0 Å². The van der Waals surface area contributed by atoms with Gasteiger partial charge < -0.3 is 25.4 Å². The number of nitrogens with two attached hydrogens (primary N) is 2. The van der Waals surface area contributed by atoms with Crippen LogP contribution in [0.2, 0.25) is 0 Å². The predicted molar refractivity (Wildman–Crippen MR) is 114 cm³/mol. The molecule has 0 saturated heterocycles. The van der Waals surface area contributed by atoms with Crippen molar-refractivity contribution in [1.29, 1.82) is 0 Å². The van der Waals surface area contributed by atoms with Crippen LogP contribution in [-0.4, -0.2) is 28.1 Å². The van der Waals surface area contributed by atoms with Crippen LogP contribution in [0.5, 0.6) is 23.0 Å². The minimum atomic E-state index is -1.17. The van der Waals surface area contributed by atoms with Gasteiger partial charge in [-0.2, -0.15) is 0 Å². The minimum Gasteiger partial charge on any atom is -0.508 e. The lowest BCUT2D eigenvalue weighted by molar-refractivity contribution is -0.122. The Hall–Kier alpha value is -4.08. The summed E-state index contributed by atoms with van der Waals surface area (Å²) >= 11 is 0. The Labute approximate surface area is 183 Å². The summed E-state index contributed by atoms with van der Waals surface area (Å²) in [5.74, 6) is 4.75. The second kappa shape index (κ2) is 7.88. The Morgan fingerprint density at radius 3 is 2.03 bits per heavy atom. The Bertz CT molecular complexity index is 1170. The first kappa shape index (κ1) is 21.2. The van der Waals surface area contributed by atoms with E-state index < -0.39 is 17.6 Å². The van der Waals surface area contributed by atoms with E-state index in [4.69, 9.17) is 21.1 Å². The third-order valence-corrected chi connectivity index (χ3v) is 5.24. The number of rotatable bonds is 1. The van der Waals surface area contributed by atoms with Crippen LogP contribution in [0.25, 0.3) is 0 Å². The Morgan fingerprint density at radius 2 is 1.53 bits per heavy atom. The van der Waals surface area contributed by atoms with Crippen molar-refractivity contribution >= 4 is 11.9 Å². The molecule has 3 aromatic rings. The van der Waals surface area contributed by atoms with E-state index in [9.17, 15) is 19.8 Å². The van der Waals surface area contributed by atoms with E-state index in [2.05, 4.69) is 0 Å². The highest BCUT2D eigenvalue weighted by Crippen LogP contribution is 2.56. The zero-order valence-corrected chi connectivity index (χ0v) is 17.0. The number of phenols is 2. The summed E-state index contributed by atoms with van der Waals surface area (Å²) in [6, 6.07) is 16.1. The fourth-order valence-corrected chi connectivity index (χ4v) is 3.78. The highest BCUT2D eigenvalue weighted by molar-refractivity contribution is 5.97. The van der Waals surface area contributed by atoms with Crippen LogP contribution >= 0.6 is 0 Å². The van der Waals surface area contributed by atoms with E-state index >= 15 is 0 Å². The summed E-state index contributed by atoms with van der Waals surface area (Å²) in [5.41, 5.74) is 8.24. The van der Waals surface area contributed by atoms with Crippen molar-refractivity contribution in [1.82, 2.24) is 5.43 Å². The first-order valence-corrected chi connectivity index (χ1v) is 9.71. The number of fused-ring (bicyclic) bond motifs is 6. The second-order valence-electron chi connectivity index (χ2n) is 7.38. The number of carbonyl (C=O) groups excluding carboxylic acids is 2. The lowest BCUT2D eigenvalue weighted by atomic mass is 9.77. The van der Waals surface area contributed by atoms with Crippen molar-refractivity contribution in [2.75, 3.05) is 0 Å². The average molecular weight is 435 g/mol. The van der Waals surface area contributed by atoms with Crippen molar-refractivity contribution in [2.24, 2.45) is 11.6 Å². The number of hydrogen-bond acceptors (Lipinski definition) is 8. The largest absolute Gasteiger partial charge is 0.508 e. The molecule has 5 rings (SSSR count). The van der Waals surface area contributed by atoms with Crippen molar-refractivity contribution in [3.05, 3.63) is 82.9 Å². The number of ether oxygens (including phenoxy) is 2. The highest BCUT2D eigenvalue weighted by atomic mass is 16.6. The van der Waals surface area contributed by atoms with Gasteiger partial charge in [0.2, 0.25) is 5.91 Å². The van der Waals surface area contributed by atoms with E-state index in [1.807, 2.05) is 17.6 Å².